The SMILES string of the molecule is O=C(CC1CC2CCC1C2)N1CCC(CCBr)C1. The second-order valence-electron chi connectivity index (χ2n) is 6.61. The number of likely N-dealkylation sites (tertiary alicyclic amines) is 1. The van der Waals surface area contributed by atoms with E-state index in [1.54, 1.807) is 0 Å². The maximum Gasteiger partial charge on any atom is 0.222 e. The van der Waals surface area contributed by atoms with Gasteiger partial charge in [-0.1, -0.05) is 22.4 Å². The molecule has 18 heavy (non-hydrogen) atoms. The summed E-state index contributed by atoms with van der Waals surface area (Å²) in [7, 11) is 0. The van der Waals surface area contributed by atoms with Crippen molar-refractivity contribution in [3.8, 4) is 0 Å². The lowest BCUT2D eigenvalue weighted by molar-refractivity contribution is -0.131. The molecule has 0 aromatic heterocycles. The van der Waals surface area contributed by atoms with E-state index in [1.807, 2.05) is 0 Å². The molecule has 1 saturated heterocycles. The van der Waals surface area contributed by atoms with Crippen molar-refractivity contribution in [1.82, 2.24) is 4.90 Å². The Morgan fingerprint density at radius 3 is 2.78 bits per heavy atom. The highest BCUT2D eigenvalue weighted by molar-refractivity contribution is 9.09. The fourth-order valence-corrected chi connectivity index (χ4v) is 5.08. The third-order valence-corrected chi connectivity index (χ3v) is 5.94. The molecule has 1 amide bonds. The number of amides is 1. The number of hydrogen-bond donors (Lipinski definition) is 0. The number of fused-ring (bicyclic) bond motifs is 2. The van der Waals surface area contributed by atoms with Crippen LogP contribution in [0.4, 0.5) is 0 Å². The summed E-state index contributed by atoms with van der Waals surface area (Å²) in [6.07, 6.45) is 8.88. The quantitative estimate of drug-likeness (QED) is 0.728. The van der Waals surface area contributed by atoms with Gasteiger partial charge in [0.15, 0.2) is 0 Å². The molecule has 0 N–H and O–H groups in total. The molecule has 3 fully saturated rings. The number of nitrogens with zero attached hydrogens (tertiary/aromatic N) is 1. The third-order valence-electron chi connectivity index (χ3n) is 5.48. The fourth-order valence-electron chi connectivity index (χ4n) is 4.43. The van der Waals surface area contributed by atoms with Gasteiger partial charge in [-0.2, -0.15) is 0 Å². The number of carbonyl (C=O) groups is 1. The summed E-state index contributed by atoms with van der Waals surface area (Å²) in [5, 5.41) is 1.08. The van der Waals surface area contributed by atoms with Crippen LogP contribution in [-0.2, 0) is 4.79 Å². The van der Waals surface area contributed by atoms with E-state index in [0.717, 1.165) is 48.5 Å². The topological polar surface area (TPSA) is 20.3 Å². The van der Waals surface area contributed by atoms with Crippen LogP contribution in [0.25, 0.3) is 0 Å². The molecule has 1 aliphatic heterocycles. The lowest BCUT2D eigenvalue weighted by atomic mass is 9.86. The Morgan fingerprint density at radius 2 is 2.11 bits per heavy atom. The van der Waals surface area contributed by atoms with Crippen molar-refractivity contribution in [2.24, 2.45) is 23.7 Å². The van der Waals surface area contributed by atoms with Gasteiger partial charge in [0, 0.05) is 24.8 Å². The van der Waals surface area contributed by atoms with Crippen LogP contribution in [0.15, 0.2) is 0 Å². The van der Waals surface area contributed by atoms with Crippen LogP contribution < -0.4 is 0 Å². The van der Waals surface area contributed by atoms with Crippen molar-refractivity contribution in [2.45, 2.75) is 44.9 Å². The van der Waals surface area contributed by atoms with E-state index < -0.39 is 0 Å². The summed E-state index contributed by atoms with van der Waals surface area (Å²) < 4.78 is 0. The van der Waals surface area contributed by atoms with E-state index in [4.69, 9.17) is 0 Å². The van der Waals surface area contributed by atoms with Gasteiger partial charge in [-0.3, -0.25) is 4.79 Å². The van der Waals surface area contributed by atoms with Crippen LogP contribution in [0.5, 0.6) is 0 Å². The van der Waals surface area contributed by atoms with Crippen molar-refractivity contribution < 1.29 is 4.79 Å². The van der Waals surface area contributed by atoms with Gasteiger partial charge in [0.1, 0.15) is 0 Å². The smallest absolute Gasteiger partial charge is 0.222 e. The average molecular weight is 314 g/mol. The van der Waals surface area contributed by atoms with Gasteiger partial charge >= 0.3 is 0 Å². The molecule has 2 bridgehead atoms. The Morgan fingerprint density at radius 1 is 1.22 bits per heavy atom. The van der Waals surface area contributed by atoms with Gasteiger partial charge in [-0.25, -0.2) is 0 Å². The largest absolute Gasteiger partial charge is 0.342 e. The molecule has 3 heteroatoms. The first-order valence-electron chi connectivity index (χ1n) is 7.60. The Kier molecular flexibility index (Phi) is 3.97. The van der Waals surface area contributed by atoms with Gasteiger partial charge in [-0.15, -0.1) is 0 Å². The molecule has 102 valence electrons. The first-order chi connectivity index (χ1) is 8.76. The summed E-state index contributed by atoms with van der Waals surface area (Å²) in [6, 6.07) is 0. The third kappa shape index (κ3) is 2.61. The first-order valence-corrected chi connectivity index (χ1v) is 8.72. The summed E-state index contributed by atoms with van der Waals surface area (Å²) in [5.74, 6) is 3.77. The number of hydrogen-bond acceptors (Lipinski definition) is 1. The zero-order valence-corrected chi connectivity index (χ0v) is 12.7. The predicted molar refractivity (Wildman–Crippen MR) is 76.7 cm³/mol. The van der Waals surface area contributed by atoms with E-state index in [1.165, 1.54) is 38.5 Å². The molecular formula is C15H24BrNO. The molecule has 0 radical (unpaired) electrons. The monoisotopic (exact) mass is 313 g/mol. The second-order valence-corrected chi connectivity index (χ2v) is 7.40. The molecule has 4 unspecified atom stereocenters. The molecule has 2 nitrogen and oxygen atoms in total. The minimum absolute atomic E-state index is 0.449. The molecule has 0 aromatic carbocycles. The van der Waals surface area contributed by atoms with Gasteiger partial charge in [-0.05, 0) is 55.8 Å². The highest BCUT2D eigenvalue weighted by atomic mass is 79.9. The molecule has 3 aliphatic rings. The molecule has 3 rings (SSSR count). The molecule has 4 atom stereocenters. The number of carbonyl (C=O) groups excluding carboxylic acids is 1. The van der Waals surface area contributed by atoms with Crippen molar-refractivity contribution in [3.63, 3.8) is 0 Å². The van der Waals surface area contributed by atoms with Gasteiger partial charge in [0.2, 0.25) is 5.91 Å². The van der Waals surface area contributed by atoms with E-state index in [2.05, 4.69) is 20.8 Å². The zero-order valence-electron chi connectivity index (χ0n) is 11.1. The molecule has 2 saturated carbocycles. The summed E-state index contributed by atoms with van der Waals surface area (Å²) in [6.45, 7) is 2.03. The highest BCUT2D eigenvalue weighted by Crippen LogP contribution is 2.49. The number of alkyl halides is 1. The minimum atomic E-state index is 0.449. The Hall–Kier alpha value is -0.0500. The van der Waals surface area contributed by atoms with Crippen LogP contribution in [0.2, 0.25) is 0 Å². The van der Waals surface area contributed by atoms with Crippen LogP contribution in [-0.4, -0.2) is 29.2 Å². The number of rotatable bonds is 4. The van der Waals surface area contributed by atoms with Crippen molar-refractivity contribution in [2.75, 3.05) is 18.4 Å². The van der Waals surface area contributed by atoms with Gasteiger partial charge < -0.3 is 4.90 Å². The normalized spacial score (nSPS) is 38.6. The standard InChI is InChI=1S/C15H24BrNO/c16-5-3-11-4-6-17(10-11)15(18)9-14-8-12-1-2-13(14)7-12/h11-14H,1-10H2. The Labute approximate surface area is 119 Å². The van der Waals surface area contributed by atoms with E-state index in [0.29, 0.717) is 5.91 Å². The first kappa shape index (κ1) is 13.0. The molecule has 0 spiro atoms. The predicted octanol–water partition coefficient (Wildman–Crippen LogP) is 3.45. The maximum absolute atomic E-state index is 12.3. The van der Waals surface area contributed by atoms with Gasteiger partial charge in [0.05, 0.1) is 0 Å². The zero-order chi connectivity index (χ0) is 12.5. The van der Waals surface area contributed by atoms with E-state index >= 15 is 0 Å². The van der Waals surface area contributed by atoms with E-state index in [-0.39, 0.29) is 0 Å². The van der Waals surface area contributed by atoms with Crippen LogP contribution in [0, 0.1) is 23.7 Å². The van der Waals surface area contributed by atoms with E-state index in [9.17, 15) is 4.79 Å². The van der Waals surface area contributed by atoms with Crippen molar-refractivity contribution >= 4 is 21.8 Å². The van der Waals surface area contributed by atoms with Crippen LogP contribution >= 0.6 is 15.9 Å². The second kappa shape index (κ2) is 5.52. The summed E-state index contributed by atoms with van der Waals surface area (Å²) >= 11 is 3.51. The summed E-state index contributed by atoms with van der Waals surface area (Å²) in [5.41, 5.74) is 0. The minimum Gasteiger partial charge on any atom is -0.342 e. The van der Waals surface area contributed by atoms with Gasteiger partial charge in [0.25, 0.3) is 0 Å². The van der Waals surface area contributed by atoms with Crippen molar-refractivity contribution in [3.05, 3.63) is 0 Å². The molecule has 0 aromatic rings. The van der Waals surface area contributed by atoms with Crippen molar-refractivity contribution in [1.29, 1.82) is 0 Å². The lowest BCUT2D eigenvalue weighted by Gasteiger charge is -2.24. The Balaban J connectivity index is 1.47. The van der Waals surface area contributed by atoms with Crippen LogP contribution in [0.3, 0.4) is 0 Å². The summed E-state index contributed by atoms with van der Waals surface area (Å²) in [4.78, 5) is 14.5. The fraction of sp³-hybridized carbons (Fsp3) is 0.933. The maximum atomic E-state index is 12.3. The lowest BCUT2D eigenvalue weighted by Crippen LogP contribution is -2.31. The molecule has 1 heterocycles. The average Bonchev–Trinajstić information content (AvgIpc) is 3.04. The molecule has 2 aliphatic carbocycles. The number of halogens is 1. The highest BCUT2D eigenvalue weighted by Gasteiger charge is 2.41. The Bertz CT molecular complexity index is 320. The molecular weight excluding hydrogens is 290 g/mol. The van der Waals surface area contributed by atoms with Crippen LogP contribution in [0.1, 0.15) is 44.9 Å².